The summed E-state index contributed by atoms with van der Waals surface area (Å²) in [5.41, 5.74) is 0.844. The van der Waals surface area contributed by atoms with Crippen LogP contribution in [0.25, 0.3) is 0 Å². The van der Waals surface area contributed by atoms with E-state index >= 15 is 0 Å². The minimum atomic E-state index is -0.0715. The molecule has 0 spiro atoms. The molecule has 1 aromatic carbocycles. The summed E-state index contributed by atoms with van der Waals surface area (Å²) in [6.07, 6.45) is 1.97. The first-order chi connectivity index (χ1) is 8.13. The highest BCUT2D eigenvalue weighted by Gasteiger charge is 2.13. The molecule has 0 heterocycles. The number of benzene rings is 1. The van der Waals surface area contributed by atoms with Gasteiger partial charge in [-0.05, 0) is 49.4 Å². The topological polar surface area (TPSA) is 12.0 Å². The molecule has 0 fully saturated rings. The van der Waals surface area contributed by atoms with E-state index in [0.717, 1.165) is 31.5 Å². The molecule has 0 radical (unpaired) electrons. The SMILES string of the molecule is CCNCC(Cc1ccccc1F)CC(C)C. The van der Waals surface area contributed by atoms with Crippen molar-refractivity contribution in [2.24, 2.45) is 11.8 Å². The van der Waals surface area contributed by atoms with Crippen LogP contribution in [0.1, 0.15) is 32.8 Å². The fourth-order valence-electron chi connectivity index (χ4n) is 2.23. The van der Waals surface area contributed by atoms with Gasteiger partial charge in [0, 0.05) is 0 Å². The third-order valence-corrected chi connectivity index (χ3v) is 2.95. The van der Waals surface area contributed by atoms with Gasteiger partial charge in [-0.25, -0.2) is 4.39 Å². The van der Waals surface area contributed by atoms with Crippen molar-refractivity contribution in [3.63, 3.8) is 0 Å². The summed E-state index contributed by atoms with van der Waals surface area (Å²) in [7, 11) is 0. The minimum absolute atomic E-state index is 0.0715. The molecule has 0 aromatic heterocycles. The maximum Gasteiger partial charge on any atom is 0.126 e. The second-order valence-electron chi connectivity index (χ2n) is 5.10. The standard InChI is InChI=1S/C15H24FN/c1-4-17-11-13(9-12(2)3)10-14-7-5-6-8-15(14)16/h5-8,12-13,17H,4,9-11H2,1-3H3. The molecular weight excluding hydrogens is 213 g/mol. The molecule has 1 atom stereocenters. The molecule has 0 aliphatic heterocycles. The Labute approximate surface area is 104 Å². The van der Waals surface area contributed by atoms with Gasteiger partial charge in [0.2, 0.25) is 0 Å². The number of nitrogens with one attached hydrogen (secondary N) is 1. The zero-order valence-corrected chi connectivity index (χ0v) is 11.2. The molecule has 0 amide bonds. The van der Waals surface area contributed by atoms with Crippen LogP contribution in [0.15, 0.2) is 24.3 Å². The first-order valence-corrected chi connectivity index (χ1v) is 6.57. The highest BCUT2D eigenvalue weighted by Crippen LogP contribution is 2.18. The van der Waals surface area contributed by atoms with Crippen LogP contribution in [0.5, 0.6) is 0 Å². The van der Waals surface area contributed by atoms with E-state index in [4.69, 9.17) is 0 Å². The number of rotatable bonds is 7. The Kier molecular flexibility index (Phi) is 6.20. The lowest BCUT2D eigenvalue weighted by Gasteiger charge is -2.19. The Balaban J connectivity index is 2.61. The summed E-state index contributed by atoms with van der Waals surface area (Å²) in [4.78, 5) is 0. The van der Waals surface area contributed by atoms with E-state index < -0.39 is 0 Å². The van der Waals surface area contributed by atoms with Crippen LogP contribution in [0.3, 0.4) is 0 Å². The van der Waals surface area contributed by atoms with Crippen LogP contribution in [-0.4, -0.2) is 13.1 Å². The Morgan fingerprint density at radius 2 is 1.94 bits per heavy atom. The minimum Gasteiger partial charge on any atom is -0.317 e. The fraction of sp³-hybridized carbons (Fsp3) is 0.600. The van der Waals surface area contributed by atoms with Gasteiger partial charge in [0.15, 0.2) is 0 Å². The number of halogens is 1. The Hall–Kier alpha value is -0.890. The first-order valence-electron chi connectivity index (χ1n) is 6.57. The Morgan fingerprint density at radius 1 is 1.24 bits per heavy atom. The van der Waals surface area contributed by atoms with Crippen molar-refractivity contribution in [2.45, 2.75) is 33.6 Å². The summed E-state index contributed by atoms with van der Waals surface area (Å²) in [6.45, 7) is 8.50. The van der Waals surface area contributed by atoms with Crippen LogP contribution in [-0.2, 0) is 6.42 Å². The van der Waals surface area contributed by atoms with Gasteiger partial charge < -0.3 is 5.32 Å². The molecule has 0 aliphatic carbocycles. The summed E-state index contributed by atoms with van der Waals surface area (Å²) < 4.78 is 13.6. The van der Waals surface area contributed by atoms with E-state index in [-0.39, 0.29) is 5.82 Å². The van der Waals surface area contributed by atoms with Gasteiger partial charge in [0.25, 0.3) is 0 Å². The zero-order chi connectivity index (χ0) is 12.7. The van der Waals surface area contributed by atoms with Gasteiger partial charge in [-0.1, -0.05) is 39.0 Å². The molecule has 1 rings (SSSR count). The molecule has 1 unspecified atom stereocenters. The molecular formula is C15H24FN. The summed E-state index contributed by atoms with van der Waals surface area (Å²) in [6, 6.07) is 7.11. The summed E-state index contributed by atoms with van der Waals surface area (Å²) >= 11 is 0. The van der Waals surface area contributed by atoms with Gasteiger partial charge in [-0.3, -0.25) is 0 Å². The highest BCUT2D eigenvalue weighted by atomic mass is 19.1. The van der Waals surface area contributed by atoms with Crippen LogP contribution >= 0.6 is 0 Å². The van der Waals surface area contributed by atoms with Crippen LogP contribution in [0, 0.1) is 17.7 Å². The second kappa shape index (κ2) is 7.44. The van der Waals surface area contributed by atoms with Crippen LogP contribution in [0.2, 0.25) is 0 Å². The Bertz CT molecular complexity index is 322. The normalized spacial score (nSPS) is 13.0. The van der Waals surface area contributed by atoms with Crippen molar-refractivity contribution < 1.29 is 4.39 Å². The van der Waals surface area contributed by atoms with E-state index in [1.165, 1.54) is 0 Å². The quantitative estimate of drug-likeness (QED) is 0.763. The highest BCUT2D eigenvalue weighted by molar-refractivity contribution is 5.17. The second-order valence-corrected chi connectivity index (χ2v) is 5.10. The van der Waals surface area contributed by atoms with Crippen molar-refractivity contribution in [2.75, 3.05) is 13.1 Å². The lowest BCUT2D eigenvalue weighted by molar-refractivity contribution is 0.384. The third kappa shape index (κ3) is 5.31. The monoisotopic (exact) mass is 237 g/mol. The van der Waals surface area contributed by atoms with Crippen molar-refractivity contribution >= 4 is 0 Å². The molecule has 0 saturated carbocycles. The van der Waals surface area contributed by atoms with Gasteiger partial charge in [0.05, 0.1) is 0 Å². The third-order valence-electron chi connectivity index (χ3n) is 2.95. The summed E-state index contributed by atoms with van der Waals surface area (Å²) in [5.74, 6) is 1.11. The molecule has 0 aliphatic rings. The molecule has 0 saturated heterocycles. The lowest BCUT2D eigenvalue weighted by Crippen LogP contribution is -2.25. The van der Waals surface area contributed by atoms with E-state index in [9.17, 15) is 4.39 Å². The predicted octanol–water partition coefficient (Wildman–Crippen LogP) is 3.64. The van der Waals surface area contributed by atoms with Crippen molar-refractivity contribution in [1.82, 2.24) is 5.32 Å². The van der Waals surface area contributed by atoms with Crippen molar-refractivity contribution in [1.29, 1.82) is 0 Å². The lowest BCUT2D eigenvalue weighted by atomic mass is 9.90. The van der Waals surface area contributed by atoms with E-state index in [0.29, 0.717) is 11.8 Å². The van der Waals surface area contributed by atoms with Crippen LogP contribution < -0.4 is 5.32 Å². The van der Waals surface area contributed by atoms with Crippen molar-refractivity contribution in [3.8, 4) is 0 Å². The smallest absolute Gasteiger partial charge is 0.126 e. The average Bonchev–Trinajstić information content (AvgIpc) is 2.28. The summed E-state index contributed by atoms with van der Waals surface area (Å²) in [5, 5.41) is 3.37. The molecule has 1 aromatic rings. The van der Waals surface area contributed by atoms with E-state index in [1.807, 2.05) is 12.1 Å². The molecule has 1 nitrogen and oxygen atoms in total. The van der Waals surface area contributed by atoms with Gasteiger partial charge in [-0.15, -0.1) is 0 Å². The maximum atomic E-state index is 13.6. The van der Waals surface area contributed by atoms with Gasteiger partial charge >= 0.3 is 0 Å². The molecule has 17 heavy (non-hydrogen) atoms. The van der Waals surface area contributed by atoms with Crippen LogP contribution in [0.4, 0.5) is 4.39 Å². The molecule has 96 valence electrons. The largest absolute Gasteiger partial charge is 0.317 e. The predicted molar refractivity (Wildman–Crippen MR) is 71.6 cm³/mol. The average molecular weight is 237 g/mol. The fourth-order valence-corrected chi connectivity index (χ4v) is 2.23. The Morgan fingerprint density at radius 3 is 2.53 bits per heavy atom. The first kappa shape index (κ1) is 14.2. The van der Waals surface area contributed by atoms with E-state index in [2.05, 4.69) is 26.1 Å². The van der Waals surface area contributed by atoms with Gasteiger partial charge in [0.1, 0.15) is 5.82 Å². The molecule has 2 heteroatoms. The molecule has 1 N–H and O–H groups in total. The number of hydrogen-bond donors (Lipinski definition) is 1. The number of hydrogen-bond acceptors (Lipinski definition) is 1. The maximum absolute atomic E-state index is 13.6. The zero-order valence-electron chi connectivity index (χ0n) is 11.2. The molecule has 0 bridgehead atoms. The van der Waals surface area contributed by atoms with Gasteiger partial charge in [-0.2, -0.15) is 0 Å². The van der Waals surface area contributed by atoms with E-state index in [1.54, 1.807) is 12.1 Å². The van der Waals surface area contributed by atoms with Crippen molar-refractivity contribution in [3.05, 3.63) is 35.6 Å².